The van der Waals surface area contributed by atoms with Crippen molar-refractivity contribution in [1.29, 1.82) is 0 Å². The van der Waals surface area contributed by atoms with Crippen molar-refractivity contribution in [3.8, 4) is 0 Å². The van der Waals surface area contributed by atoms with Crippen LogP contribution < -0.4 is 10.6 Å². The summed E-state index contributed by atoms with van der Waals surface area (Å²) in [5.74, 6) is 0.586. The number of thioether (sulfide) groups is 1. The minimum atomic E-state index is -0.279. The molecule has 0 aliphatic rings. The summed E-state index contributed by atoms with van der Waals surface area (Å²) in [5.41, 5.74) is 1.47. The first kappa shape index (κ1) is 17.9. The number of anilines is 2. The third-order valence-electron chi connectivity index (χ3n) is 2.99. The number of carbonyl (C=O) groups excluding carboxylic acids is 2. The summed E-state index contributed by atoms with van der Waals surface area (Å²) in [6, 6.07) is 16.6. The molecule has 0 atom stereocenters. The number of amides is 2. The number of ether oxygens (including phenoxy) is 1. The standard InChI is InChI=1S/C18H20N2O3S/c1-14(21)23-11-6-12-24-17-10-5-9-16(13-17)20-18(22)19-15-7-3-2-4-8-15/h2-5,7-10,13H,6,11-12H2,1H3,(H2,19,20,22). The van der Waals surface area contributed by atoms with Crippen molar-refractivity contribution in [3.05, 3.63) is 54.6 Å². The molecule has 0 aliphatic carbocycles. The molecule has 2 rings (SSSR count). The van der Waals surface area contributed by atoms with Crippen molar-refractivity contribution >= 4 is 35.1 Å². The Labute approximate surface area is 145 Å². The van der Waals surface area contributed by atoms with Gasteiger partial charge in [-0.15, -0.1) is 11.8 Å². The summed E-state index contributed by atoms with van der Waals surface area (Å²) < 4.78 is 4.90. The third kappa shape index (κ3) is 6.75. The number of urea groups is 1. The van der Waals surface area contributed by atoms with Gasteiger partial charge in [0.15, 0.2) is 0 Å². The van der Waals surface area contributed by atoms with Gasteiger partial charge in [-0.1, -0.05) is 24.3 Å². The average molecular weight is 344 g/mol. The first-order valence-corrected chi connectivity index (χ1v) is 8.61. The molecule has 6 heteroatoms. The van der Waals surface area contributed by atoms with Gasteiger partial charge in [-0.2, -0.15) is 0 Å². The lowest BCUT2D eigenvalue weighted by Crippen LogP contribution is -2.19. The van der Waals surface area contributed by atoms with Crippen molar-refractivity contribution in [3.63, 3.8) is 0 Å². The number of nitrogens with one attached hydrogen (secondary N) is 2. The minimum Gasteiger partial charge on any atom is -0.466 e. The number of para-hydroxylation sites is 1. The highest BCUT2D eigenvalue weighted by Gasteiger charge is 2.03. The predicted molar refractivity (Wildman–Crippen MR) is 97.5 cm³/mol. The monoisotopic (exact) mass is 344 g/mol. The maximum absolute atomic E-state index is 12.0. The zero-order valence-electron chi connectivity index (χ0n) is 13.5. The van der Waals surface area contributed by atoms with E-state index in [-0.39, 0.29) is 12.0 Å². The van der Waals surface area contributed by atoms with Crippen LogP contribution in [0.4, 0.5) is 16.2 Å². The van der Waals surface area contributed by atoms with Crippen molar-refractivity contribution in [2.75, 3.05) is 23.0 Å². The van der Waals surface area contributed by atoms with Crippen LogP contribution in [0, 0.1) is 0 Å². The Morgan fingerprint density at radius 3 is 2.46 bits per heavy atom. The lowest BCUT2D eigenvalue weighted by atomic mass is 10.3. The van der Waals surface area contributed by atoms with E-state index < -0.39 is 0 Å². The number of rotatable bonds is 7. The van der Waals surface area contributed by atoms with Crippen LogP contribution in [0.25, 0.3) is 0 Å². The van der Waals surface area contributed by atoms with E-state index in [1.165, 1.54) is 6.92 Å². The van der Waals surface area contributed by atoms with Crippen molar-refractivity contribution in [1.82, 2.24) is 0 Å². The number of benzene rings is 2. The summed E-state index contributed by atoms with van der Waals surface area (Å²) in [6.45, 7) is 1.84. The summed E-state index contributed by atoms with van der Waals surface area (Å²) in [6.07, 6.45) is 0.788. The Morgan fingerprint density at radius 1 is 1.00 bits per heavy atom. The Kier molecular flexibility index (Phi) is 7.17. The number of esters is 1. The molecular formula is C18H20N2O3S. The Hall–Kier alpha value is -2.47. The second kappa shape index (κ2) is 9.62. The van der Waals surface area contributed by atoms with Crippen molar-refractivity contribution in [2.24, 2.45) is 0 Å². The highest BCUT2D eigenvalue weighted by Crippen LogP contribution is 2.22. The van der Waals surface area contributed by atoms with Crippen LogP contribution in [0.5, 0.6) is 0 Å². The van der Waals surface area contributed by atoms with Gasteiger partial charge in [0, 0.05) is 28.9 Å². The topological polar surface area (TPSA) is 67.4 Å². The molecular weight excluding hydrogens is 324 g/mol. The minimum absolute atomic E-state index is 0.254. The molecule has 2 N–H and O–H groups in total. The smallest absolute Gasteiger partial charge is 0.323 e. The molecule has 0 saturated heterocycles. The van der Waals surface area contributed by atoms with Gasteiger partial charge in [-0.3, -0.25) is 4.79 Å². The van der Waals surface area contributed by atoms with Crippen LogP contribution in [-0.2, 0) is 9.53 Å². The van der Waals surface area contributed by atoms with Crippen LogP contribution in [0.3, 0.4) is 0 Å². The van der Waals surface area contributed by atoms with E-state index in [0.29, 0.717) is 6.61 Å². The lowest BCUT2D eigenvalue weighted by Gasteiger charge is -2.09. The molecule has 0 bridgehead atoms. The van der Waals surface area contributed by atoms with E-state index in [4.69, 9.17) is 4.74 Å². The van der Waals surface area contributed by atoms with E-state index in [1.807, 2.05) is 54.6 Å². The molecule has 0 heterocycles. The quantitative estimate of drug-likeness (QED) is 0.444. The summed E-state index contributed by atoms with van der Waals surface area (Å²) in [7, 11) is 0. The zero-order valence-corrected chi connectivity index (χ0v) is 14.3. The van der Waals surface area contributed by atoms with E-state index in [2.05, 4.69) is 10.6 Å². The summed E-state index contributed by atoms with van der Waals surface area (Å²) in [5, 5.41) is 5.59. The van der Waals surface area contributed by atoms with Crippen molar-refractivity contribution in [2.45, 2.75) is 18.2 Å². The molecule has 0 aliphatic heterocycles. The fraction of sp³-hybridized carbons (Fsp3) is 0.222. The number of hydrogen-bond donors (Lipinski definition) is 2. The Balaban J connectivity index is 1.79. The van der Waals surface area contributed by atoms with Gasteiger partial charge >= 0.3 is 12.0 Å². The first-order valence-electron chi connectivity index (χ1n) is 7.63. The molecule has 2 amide bonds. The van der Waals surface area contributed by atoms with Gasteiger partial charge in [-0.25, -0.2) is 4.79 Å². The molecule has 0 spiro atoms. The molecule has 126 valence electrons. The van der Waals surface area contributed by atoms with Gasteiger partial charge in [0.1, 0.15) is 0 Å². The van der Waals surface area contributed by atoms with Gasteiger partial charge in [-0.05, 0) is 36.8 Å². The fourth-order valence-corrected chi connectivity index (χ4v) is 2.83. The van der Waals surface area contributed by atoms with Crippen LogP contribution in [0.15, 0.2) is 59.5 Å². The van der Waals surface area contributed by atoms with Crippen molar-refractivity contribution < 1.29 is 14.3 Å². The average Bonchev–Trinajstić information content (AvgIpc) is 2.55. The van der Waals surface area contributed by atoms with Crippen LogP contribution >= 0.6 is 11.8 Å². The zero-order chi connectivity index (χ0) is 17.2. The lowest BCUT2D eigenvalue weighted by molar-refractivity contribution is -0.140. The summed E-state index contributed by atoms with van der Waals surface area (Å²) >= 11 is 1.65. The highest BCUT2D eigenvalue weighted by molar-refractivity contribution is 7.99. The second-order valence-corrected chi connectivity index (χ2v) is 6.18. The van der Waals surface area contributed by atoms with Gasteiger partial charge in [0.05, 0.1) is 6.61 Å². The highest BCUT2D eigenvalue weighted by atomic mass is 32.2. The molecule has 5 nitrogen and oxygen atoms in total. The van der Waals surface area contributed by atoms with Crippen LogP contribution in [-0.4, -0.2) is 24.4 Å². The maximum Gasteiger partial charge on any atom is 0.323 e. The van der Waals surface area contributed by atoms with Crippen LogP contribution in [0.1, 0.15) is 13.3 Å². The molecule has 2 aromatic carbocycles. The Morgan fingerprint density at radius 2 is 1.71 bits per heavy atom. The molecule has 2 aromatic rings. The molecule has 0 fully saturated rings. The fourth-order valence-electron chi connectivity index (χ4n) is 1.94. The van der Waals surface area contributed by atoms with E-state index in [0.717, 1.165) is 28.4 Å². The summed E-state index contributed by atoms with van der Waals surface area (Å²) in [4.78, 5) is 23.7. The SMILES string of the molecule is CC(=O)OCCCSc1cccc(NC(=O)Nc2ccccc2)c1. The Bertz CT molecular complexity index is 677. The van der Waals surface area contributed by atoms with E-state index >= 15 is 0 Å². The van der Waals surface area contributed by atoms with E-state index in [9.17, 15) is 9.59 Å². The third-order valence-corrected chi connectivity index (χ3v) is 4.07. The molecule has 24 heavy (non-hydrogen) atoms. The number of carbonyl (C=O) groups is 2. The largest absolute Gasteiger partial charge is 0.466 e. The first-order chi connectivity index (χ1) is 11.6. The van der Waals surface area contributed by atoms with Gasteiger partial charge in [0.2, 0.25) is 0 Å². The van der Waals surface area contributed by atoms with Gasteiger partial charge in [0.25, 0.3) is 0 Å². The maximum atomic E-state index is 12.0. The van der Waals surface area contributed by atoms with E-state index in [1.54, 1.807) is 11.8 Å². The normalized spacial score (nSPS) is 10.0. The molecule has 0 radical (unpaired) electrons. The molecule has 0 saturated carbocycles. The van der Waals surface area contributed by atoms with Gasteiger partial charge < -0.3 is 15.4 Å². The molecule has 0 aromatic heterocycles. The predicted octanol–water partition coefficient (Wildman–Crippen LogP) is 4.38. The second-order valence-electron chi connectivity index (χ2n) is 5.02. The number of hydrogen-bond acceptors (Lipinski definition) is 4. The molecule has 0 unspecified atom stereocenters. The van der Waals surface area contributed by atoms with Crippen LogP contribution in [0.2, 0.25) is 0 Å².